The number of ketones is 1. The topological polar surface area (TPSA) is 56.0 Å². The van der Waals surface area contributed by atoms with E-state index in [1.165, 1.54) is 12.1 Å². The van der Waals surface area contributed by atoms with Crippen molar-refractivity contribution in [2.24, 2.45) is 0 Å². The molecule has 0 unspecified atom stereocenters. The second-order valence-corrected chi connectivity index (χ2v) is 6.42. The minimum Gasteiger partial charge on any atom is -0.411 e. The molecule has 23 heavy (non-hydrogen) atoms. The van der Waals surface area contributed by atoms with Gasteiger partial charge in [-0.05, 0) is 30.3 Å². The van der Waals surface area contributed by atoms with E-state index in [0.717, 1.165) is 21.8 Å². The maximum absolute atomic E-state index is 13.5. The van der Waals surface area contributed by atoms with Crippen molar-refractivity contribution >= 4 is 33.5 Å². The van der Waals surface area contributed by atoms with E-state index in [-0.39, 0.29) is 22.3 Å². The van der Waals surface area contributed by atoms with E-state index in [0.29, 0.717) is 5.89 Å². The van der Waals surface area contributed by atoms with Crippen LogP contribution in [0.3, 0.4) is 0 Å². The highest BCUT2D eigenvalue weighted by Crippen LogP contribution is 2.25. The van der Waals surface area contributed by atoms with Crippen molar-refractivity contribution in [1.29, 1.82) is 0 Å². The molecule has 0 saturated carbocycles. The maximum Gasteiger partial charge on any atom is 0.277 e. The highest BCUT2D eigenvalue weighted by Gasteiger charge is 2.14. The Morgan fingerprint density at radius 2 is 2.00 bits per heavy atom. The molecule has 0 spiro atoms. The van der Waals surface area contributed by atoms with E-state index in [1.54, 1.807) is 12.1 Å². The molecule has 0 aliphatic rings. The maximum atomic E-state index is 13.5. The third-order valence-electron chi connectivity index (χ3n) is 2.98. The predicted octanol–water partition coefficient (Wildman–Crippen LogP) is 4.61. The molecule has 0 amide bonds. The Balaban J connectivity index is 1.68. The van der Waals surface area contributed by atoms with Crippen LogP contribution in [0.1, 0.15) is 10.4 Å². The van der Waals surface area contributed by atoms with Gasteiger partial charge in [0.25, 0.3) is 5.22 Å². The van der Waals surface area contributed by atoms with Crippen molar-refractivity contribution in [3.8, 4) is 11.5 Å². The number of halogens is 2. The quantitative estimate of drug-likeness (QED) is 0.468. The fraction of sp³-hybridized carbons (Fsp3) is 0.0625. The lowest BCUT2D eigenvalue weighted by molar-refractivity contribution is 0.101. The van der Waals surface area contributed by atoms with Crippen molar-refractivity contribution in [2.75, 3.05) is 5.75 Å². The van der Waals surface area contributed by atoms with Crippen LogP contribution in [-0.2, 0) is 0 Å². The lowest BCUT2D eigenvalue weighted by Crippen LogP contribution is -2.04. The third-order valence-corrected chi connectivity index (χ3v) is 4.29. The number of nitrogens with zero attached hydrogens (tertiary/aromatic N) is 2. The minimum atomic E-state index is -0.529. The number of carbonyl (C=O) groups is 1. The van der Waals surface area contributed by atoms with Crippen molar-refractivity contribution < 1.29 is 13.6 Å². The molecule has 0 fully saturated rings. The van der Waals surface area contributed by atoms with Gasteiger partial charge in [-0.25, -0.2) is 4.39 Å². The Hall–Kier alpha value is -1.99. The van der Waals surface area contributed by atoms with Crippen LogP contribution in [-0.4, -0.2) is 21.7 Å². The standard InChI is InChI=1S/C16H10BrFN2O2S/c17-11-5-3-4-10(8-11)15-19-20-16(22-15)23-9-14(21)12-6-1-2-7-13(12)18/h1-8H,9H2. The third kappa shape index (κ3) is 3.86. The molecule has 0 aliphatic carbocycles. The molecule has 0 N–H and O–H groups in total. The van der Waals surface area contributed by atoms with Crippen molar-refractivity contribution in [3.05, 3.63) is 64.4 Å². The molecule has 1 aromatic heterocycles. The molecule has 3 rings (SSSR count). The average molecular weight is 393 g/mol. The normalized spacial score (nSPS) is 10.7. The summed E-state index contributed by atoms with van der Waals surface area (Å²) in [4.78, 5) is 12.0. The molecular weight excluding hydrogens is 383 g/mol. The summed E-state index contributed by atoms with van der Waals surface area (Å²) in [6, 6.07) is 13.3. The van der Waals surface area contributed by atoms with Gasteiger partial charge in [0.15, 0.2) is 5.78 Å². The van der Waals surface area contributed by atoms with Gasteiger partial charge >= 0.3 is 0 Å². The van der Waals surface area contributed by atoms with Gasteiger partial charge in [0.1, 0.15) is 5.82 Å². The van der Waals surface area contributed by atoms with Gasteiger partial charge in [-0.15, -0.1) is 10.2 Å². The van der Waals surface area contributed by atoms with Crippen LogP contribution in [0.5, 0.6) is 0 Å². The summed E-state index contributed by atoms with van der Waals surface area (Å²) in [5.74, 6) is -0.456. The molecule has 0 saturated heterocycles. The van der Waals surface area contributed by atoms with Crippen LogP contribution in [0.2, 0.25) is 0 Å². The highest BCUT2D eigenvalue weighted by molar-refractivity contribution is 9.10. The molecule has 116 valence electrons. The Morgan fingerprint density at radius 1 is 1.17 bits per heavy atom. The summed E-state index contributed by atoms with van der Waals surface area (Å²) in [6.45, 7) is 0. The smallest absolute Gasteiger partial charge is 0.277 e. The summed E-state index contributed by atoms with van der Waals surface area (Å²) in [7, 11) is 0. The first-order chi connectivity index (χ1) is 11.1. The second kappa shape index (κ2) is 7.06. The molecule has 0 radical (unpaired) electrons. The Bertz CT molecular complexity index is 853. The van der Waals surface area contributed by atoms with Crippen LogP contribution < -0.4 is 0 Å². The molecule has 3 aromatic rings. The van der Waals surface area contributed by atoms with E-state index in [9.17, 15) is 9.18 Å². The van der Waals surface area contributed by atoms with Gasteiger partial charge in [-0.3, -0.25) is 4.79 Å². The lowest BCUT2D eigenvalue weighted by Gasteiger charge is -2.00. The number of aromatic nitrogens is 2. The zero-order chi connectivity index (χ0) is 16.2. The second-order valence-electron chi connectivity index (χ2n) is 4.58. The van der Waals surface area contributed by atoms with Gasteiger partial charge in [0, 0.05) is 10.0 Å². The monoisotopic (exact) mass is 392 g/mol. The lowest BCUT2D eigenvalue weighted by atomic mass is 10.1. The zero-order valence-electron chi connectivity index (χ0n) is 11.7. The van der Waals surface area contributed by atoms with Crippen LogP contribution in [0.25, 0.3) is 11.5 Å². The molecule has 1 heterocycles. The fourth-order valence-electron chi connectivity index (χ4n) is 1.90. The minimum absolute atomic E-state index is 0.0288. The predicted molar refractivity (Wildman–Crippen MR) is 88.9 cm³/mol. The fourth-order valence-corrected chi connectivity index (χ4v) is 2.94. The number of hydrogen-bond donors (Lipinski definition) is 0. The van der Waals surface area contributed by atoms with E-state index >= 15 is 0 Å². The molecule has 7 heteroatoms. The number of thioether (sulfide) groups is 1. The first-order valence-corrected chi connectivity index (χ1v) is 8.41. The first kappa shape index (κ1) is 15.9. The van der Waals surface area contributed by atoms with Gasteiger partial charge in [-0.1, -0.05) is 45.9 Å². The summed E-state index contributed by atoms with van der Waals surface area (Å²) in [5, 5.41) is 8.12. The summed E-state index contributed by atoms with van der Waals surface area (Å²) >= 11 is 4.46. The summed E-state index contributed by atoms with van der Waals surface area (Å²) in [5.41, 5.74) is 0.839. The largest absolute Gasteiger partial charge is 0.411 e. The SMILES string of the molecule is O=C(CSc1nnc(-c2cccc(Br)c2)o1)c1ccccc1F. The molecule has 0 aliphatic heterocycles. The van der Waals surface area contributed by atoms with Gasteiger partial charge in [0.05, 0.1) is 11.3 Å². The first-order valence-electron chi connectivity index (χ1n) is 6.63. The van der Waals surface area contributed by atoms with Crippen LogP contribution in [0.15, 0.2) is 62.6 Å². The van der Waals surface area contributed by atoms with Crippen molar-refractivity contribution in [1.82, 2.24) is 10.2 Å². The van der Waals surface area contributed by atoms with E-state index in [2.05, 4.69) is 26.1 Å². The number of carbonyl (C=O) groups excluding carboxylic acids is 1. The van der Waals surface area contributed by atoms with Crippen LogP contribution in [0, 0.1) is 5.82 Å². The van der Waals surface area contributed by atoms with Gasteiger partial charge in [-0.2, -0.15) is 0 Å². The van der Waals surface area contributed by atoms with Crippen LogP contribution >= 0.6 is 27.7 Å². The number of rotatable bonds is 5. The number of Topliss-reactive ketones (excluding diaryl/α,β-unsaturated/α-hetero) is 1. The van der Waals surface area contributed by atoms with Crippen LogP contribution in [0.4, 0.5) is 4.39 Å². The molecule has 0 bridgehead atoms. The van der Waals surface area contributed by atoms with Crippen molar-refractivity contribution in [2.45, 2.75) is 5.22 Å². The molecular formula is C16H10BrFN2O2S. The van der Waals surface area contributed by atoms with E-state index < -0.39 is 5.82 Å². The number of hydrogen-bond acceptors (Lipinski definition) is 5. The van der Waals surface area contributed by atoms with Crippen molar-refractivity contribution in [3.63, 3.8) is 0 Å². The Morgan fingerprint density at radius 3 is 2.78 bits per heavy atom. The highest BCUT2D eigenvalue weighted by atomic mass is 79.9. The molecule has 4 nitrogen and oxygen atoms in total. The number of benzene rings is 2. The summed E-state index contributed by atoms with van der Waals surface area (Å²) in [6.07, 6.45) is 0. The van der Waals surface area contributed by atoms with Gasteiger partial charge in [0.2, 0.25) is 5.89 Å². The Kier molecular flexibility index (Phi) is 4.88. The van der Waals surface area contributed by atoms with E-state index in [1.807, 2.05) is 24.3 Å². The Labute approximate surface area is 144 Å². The van der Waals surface area contributed by atoms with E-state index in [4.69, 9.17) is 4.42 Å². The zero-order valence-corrected chi connectivity index (χ0v) is 14.1. The molecule has 2 aromatic carbocycles. The average Bonchev–Trinajstić information content (AvgIpc) is 3.02. The summed E-state index contributed by atoms with van der Waals surface area (Å²) < 4.78 is 20.0. The molecule has 0 atom stereocenters. The van der Waals surface area contributed by atoms with Gasteiger partial charge < -0.3 is 4.42 Å².